The molecule has 190 valence electrons. The van der Waals surface area contributed by atoms with E-state index in [2.05, 4.69) is 12.7 Å². The molecule has 1 fully saturated rings. The number of quaternary nitrogens is 1. The van der Waals surface area contributed by atoms with Crippen molar-refractivity contribution in [3.63, 3.8) is 0 Å². The Labute approximate surface area is 193 Å². The molecule has 1 heterocycles. The maximum absolute atomic E-state index is 10.2. The summed E-state index contributed by atoms with van der Waals surface area (Å²) < 4.78 is 10.7. The average molecular weight is 463 g/mol. The Balaban J connectivity index is 2.10. The van der Waals surface area contributed by atoms with Gasteiger partial charge in [0.1, 0.15) is 43.2 Å². The Hall–Kier alpha value is -0.580. The molecule has 1 aliphatic heterocycles. The molecule has 0 spiro atoms. The predicted octanol–water partition coefficient (Wildman–Crippen LogP) is 1.03. The number of aliphatic hydroxyl groups excluding tert-OH is 5. The average Bonchev–Trinajstić information content (AvgIpc) is 2.79. The van der Waals surface area contributed by atoms with Gasteiger partial charge in [-0.1, -0.05) is 83.3 Å². The van der Waals surface area contributed by atoms with E-state index in [9.17, 15) is 25.5 Å². The standard InChI is InChI=1S/C24H47NO7/c1-2-3-4-5-6-7-8-9-10-11-12-13-14-15-19(27)18(25)17-31-24-23(30)22(29)21(28)20(16-26)32-24/h14-15,18-24,26-30H,2-13,16-17,25H2,1H3/p+1/b15-14+/t18-,19+,20+,21+,22-,23+,24+/m0/s1. The van der Waals surface area contributed by atoms with Gasteiger partial charge in [-0.3, -0.25) is 0 Å². The van der Waals surface area contributed by atoms with E-state index in [4.69, 9.17) is 9.47 Å². The van der Waals surface area contributed by atoms with Gasteiger partial charge < -0.3 is 40.7 Å². The molecule has 8 N–H and O–H groups in total. The molecule has 0 aromatic rings. The van der Waals surface area contributed by atoms with Crippen molar-refractivity contribution in [2.24, 2.45) is 0 Å². The number of allylic oxidation sites excluding steroid dienone is 1. The quantitative estimate of drug-likeness (QED) is 0.132. The summed E-state index contributed by atoms with van der Waals surface area (Å²) in [6.45, 7) is 1.73. The molecule has 0 saturated carbocycles. The Bertz CT molecular complexity index is 477. The van der Waals surface area contributed by atoms with E-state index in [-0.39, 0.29) is 6.61 Å². The second kappa shape index (κ2) is 17.8. The van der Waals surface area contributed by atoms with E-state index in [1.165, 1.54) is 64.2 Å². The SMILES string of the molecule is CCCCCCCCCCCCC/C=C/[C@@H](O)[C@@H]([NH3+])CO[C@@H]1O[C@H](CO)[C@@H](O)[C@H](O)[C@H]1O. The Kier molecular flexibility index (Phi) is 16.4. The van der Waals surface area contributed by atoms with Gasteiger partial charge in [-0.15, -0.1) is 0 Å². The minimum Gasteiger partial charge on any atom is -0.394 e. The van der Waals surface area contributed by atoms with Crippen LogP contribution in [0.3, 0.4) is 0 Å². The summed E-state index contributed by atoms with van der Waals surface area (Å²) in [6, 6.07) is -0.490. The van der Waals surface area contributed by atoms with Crippen LogP contribution in [0.4, 0.5) is 0 Å². The largest absolute Gasteiger partial charge is 0.394 e. The van der Waals surface area contributed by atoms with Gasteiger partial charge in [-0.2, -0.15) is 0 Å². The number of unbranched alkanes of at least 4 members (excludes halogenated alkanes) is 11. The first kappa shape index (κ1) is 29.5. The van der Waals surface area contributed by atoms with Crippen molar-refractivity contribution in [3.8, 4) is 0 Å². The highest BCUT2D eigenvalue weighted by Crippen LogP contribution is 2.22. The lowest BCUT2D eigenvalue weighted by atomic mass is 9.99. The molecule has 0 aromatic heterocycles. The van der Waals surface area contributed by atoms with E-state index < -0.39 is 49.5 Å². The molecule has 1 saturated heterocycles. The van der Waals surface area contributed by atoms with Gasteiger partial charge in [-0.25, -0.2) is 0 Å². The van der Waals surface area contributed by atoms with Crippen LogP contribution in [-0.4, -0.2) is 81.6 Å². The van der Waals surface area contributed by atoms with Crippen LogP contribution in [0.5, 0.6) is 0 Å². The highest BCUT2D eigenvalue weighted by atomic mass is 16.7. The van der Waals surface area contributed by atoms with Gasteiger partial charge in [0.2, 0.25) is 0 Å². The lowest BCUT2D eigenvalue weighted by Gasteiger charge is -2.39. The number of aliphatic hydroxyl groups is 5. The van der Waals surface area contributed by atoms with E-state index >= 15 is 0 Å². The topological polar surface area (TPSA) is 147 Å². The zero-order valence-corrected chi connectivity index (χ0v) is 19.9. The zero-order valence-electron chi connectivity index (χ0n) is 19.9. The molecular formula is C24H48NO7+. The van der Waals surface area contributed by atoms with Gasteiger partial charge in [0.05, 0.1) is 6.61 Å². The fourth-order valence-electron chi connectivity index (χ4n) is 3.84. The number of hydrogen-bond acceptors (Lipinski definition) is 7. The fourth-order valence-corrected chi connectivity index (χ4v) is 3.84. The molecule has 0 aromatic carbocycles. The van der Waals surface area contributed by atoms with E-state index in [0.717, 1.165) is 12.8 Å². The summed E-state index contributed by atoms with van der Waals surface area (Å²) in [4.78, 5) is 0. The van der Waals surface area contributed by atoms with Crippen LogP contribution in [0.2, 0.25) is 0 Å². The Morgan fingerprint density at radius 3 is 2.00 bits per heavy atom. The minimum atomic E-state index is -1.48. The van der Waals surface area contributed by atoms with Crippen molar-refractivity contribution in [1.82, 2.24) is 0 Å². The molecule has 8 nitrogen and oxygen atoms in total. The third-order valence-corrected chi connectivity index (χ3v) is 6.11. The molecule has 32 heavy (non-hydrogen) atoms. The molecule has 0 unspecified atom stereocenters. The molecule has 8 heteroatoms. The Morgan fingerprint density at radius 1 is 0.875 bits per heavy atom. The number of ether oxygens (including phenoxy) is 2. The van der Waals surface area contributed by atoms with Crippen molar-refractivity contribution in [3.05, 3.63) is 12.2 Å². The van der Waals surface area contributed by atoms with E-state index in [1.807, 2.05) is 6.08 Å². The third-order valence-electron chi connectivity index (χ3n) is 6.11. The molecule has 1 aliphatic rings. The molecule has 7 atom stereocenters. The normalized spacial score (nSPS) is 28.3. The van der Waals surface area contributed by atoms with Crippen LogP contribution < -0.4 is 5.73 Å². The molecule has 0 radical (unpaired) electrons. The first-order valence-corrected chi connectivity index (χ1v) is 12.5. The summed E-state index contributed by atoms with van der Waals surface area (Å²) >= 11 is 0. The first-order valence-electron chi connectivity index (χ1n) is 12.5. The molecular weight excluding hydrogens is 414 g/mol. The van der Waals surface area contributed by atoms with Gasteiger partial charge in [0, 0.05) is 0 Å². The van der Waals surface area contributed by atoms with Crippen molar-refractivity contribution < 1.29 is 40.7 Å². The monoisotopic (exact) mass is 462 g/mol. The van der Waals surface area contributed by atoms with Crippen LogP contribution in [0.1, 0.15) is 84.0 Å². The van der Waals surface area contributed by atoms with E-state index in [0.29, 0.717) is 0 Å². The second-order valence-corrected chi connectivity index (χ2v) is 9.03. The van der Waals surface area contributed by atoms with Crippen molar-refractivity contribution >= 4 is 0 Å². The van der Waals surface area contributed by atoms with Crippen LogP contribution >= 0.6 is 0 Å². The second-order valence-electron chi connectivity index (χ2n) is 9.03. The van der Waals surface area contributed by atoms with Crippen LogP contribution in [0.25, 0.3) is 0 Å². The predicted molar refractivity (Wildman–Crippen MR) is 123 cm³/mol. The van der Waals surface area contributed by atoms with E-state index in [1.54, 1.807) is 6.08 Å². The lowest BCUT2D eigenvalue weighted by molar-refractivity contribution is -0.447. The first-order chi connectivity index (χ1) is 15.4. The Morgan fingerprint density at radius 2 is 1.44 bits per heavy atom. The van der Waals surface area contributed by atoms with Crippen LogP contribution in [0.15, 0.2) is 12.2 Å². The highest BCUT2D eigenvalue weighted by Gasteiger charge is 2.44. The summed E-state index contributed by atoms with van der Waals surface area (Å²) in [6.07, 6.45) is 11.5. The van der Waals surface area contributed by atoms with Crippen LogP contribution in [0, 0.1) is 0 Å². The summed E-state index contributed by atoms with van der Waals surface area (Å²) in [5, 5.41) is 49.0. The number of hydrogen-bond donors (Lipinski definition) is 6. The maximum atomic E-state index is 10.2. The number of rotatable bonds is 18. The third kappa shape index (κ3) is 11.5. The van der Waals surface area contributed by atoms with Crippen LogP contribution in [-0.2, 0) is 9.47 Å². The summed E-state index contributed by atoms with van der Waals surface area (Å²) in [5.41, 5.74) is 3.88. The van der Waals surface area contributed by atoms with Crippen molar-refractivity contribution in [1.29, 1.82) is 0 Å². The molecule has 0 aliphatic carbocycles. The van der Waals surface area contributed by atoms with Gasteiger partial charge in [0.15, 0.2) is 6.29 Å². The van der Waals surface area contributed by atoms with Gasteiger partial charge >= 0.3 is 0 Å². The summed E-state index contributed by atoms with van der Waals surface area (Å²) in [5.74, 6) is 0. The maximum Gasteiger partial charge on any atom is 0.186 e. The smallest absolute Gasteiger partial charge is 0.186 e. The van der Waals surface area contributed by atoms with Gasteiger partial charge in [-0.05, 0) is 12.8 Å². The fraction of sp³-hybridized carbons (Fsp3) is 0.917. The zero-order chi connectivity index (χ0) is 23.8. The summed E-state index contributed by atoms with van der Waals surface area (Å²) in [7, 11) is 0. The minimum absolute atomic E-state index is 0.00730. The highest BCUT2D eigenvalue weighted by molar-refractivity contribution is 4.92. The van der Waals surface area contributed by atoms with Crippen molar-refractivity contribution in [2.75, 3.05) is 13.2 Å². The molecule has 1 rings (SSSR count). The molecule has 0 amide bonds. The molecule has 0 bridgehead atoms. The lowest BCUT2D eigenvalue weighted by Crippen LogP contribution is -2.69. The van der Waals surface area contributed by atoms with Crippen molar-refractivity contribution in [2.45, 2.75) is 127 Å². The van der Waals surface area contributed by atoms with Gasteiger partial charge in [0.25, 0.3) is 0 Å².